The Bertz CT molecular complexity index is 340. The zero-order chi connectivity index (χ0) is 12.7. The standard InChI is InChI=1S/C13H18O3S/c1-2-3-9-11(12(14)13(15)16)17-10-7-5-4-6-8-10/h4-8,11-12,14H,2-3,9H2,1H3,(H,15,16)/t11-,12-/m0/s1. The molecule has 2 N–H and O–H groups in total. The molecule has 0 aliphatic heterocycles. The van der Waals surface area contributed by atoms with Crippen molar-refractivity contribution < 1.29 is 15.0 Å². The third-order valence-electron chi connectivity index (χ3n) is 2.48. The SMILES string of the molecule is CCCC[C@H](Sc1ccccc1)[C@H](O)C(=O)O. The number of aliphatic hydroxyl groups excluding tert-OH is 1. The molecule has 17 heavy (non-hydrogen) atoms. The van der Waals surface area contributed by atoms with Crippen molar-refractivity contribution in [2.24, 2.45) is 0 Å². The first-order chi connectivity index (χ1) is 8.15. The normalized spacial score (nSPS) is 14.2. The Kier molecular flexibility index (Phi) is 6.08. The van der Waals surface area contributed by atoms with Crippen molar-refractivity contribution in [1.82, 2.24) is 0 Å². The van der Waals surface area contributed by atoms with Gasteiger partial charge >= 0.3 is 5.97 Å². The molecule has 2 atom stereocenters. The summed E-state index contributed by atoms with van der Waals surface area (Å²) in [6.07, 6.45) is 1.34. The van der Waals surface area contributed by atoms with E-state index in [0.717, 1.165) is 17.7 Å². The summed E-state index contributed by atoms with van der Waals surface area (Å²) in [6.45, 7) is 2.05. The van der Waals surface area contributed by atoms with Gasteiger partial charge in [-0.05, 0) is 18.6 Å². The quantitative estimate of drug-likeness (QED) is 0.735. The van der Waals surface area contributed by atoms with Crippen molar-refractivity contribution in [2.45, 2.75) is 42.4 Å². The van der Waals surface area contributed by atoms with E-state index in [1.165, 1.54) is 11.8 Å². The number of carbonyl (C=O) groups is 1. The molecule has 94 valence electrons. The van der Waals surface area contributed by atoms with Gasteiger partial charge in [-0.2, -0.15) is 0 Å². The lowest BCUT2D eigenvalue weighted by atomic mass is 10.1. The third-order valence-corrected chi connectivity index (χ3v) is 3.82. The fourth-order valence-corrected chi connectivity index (χ4v) is 2.71. The van der Waals surface area contributed by atoms with Gasteiger partial charge in [-0.3, -0.25) is 0 Å². The third kappa shape index (κ3) is 4.79. The number of aliphatic carboxylic acids is 1. The average molecular weight is 254 g/mol. The van der Waals surface area contributed by atoms with Crippen LogP contribution in [0.1, 0.15) is 26.2 Å². The monoisotopic (exact) mass is 254 g/mol. The van der Waals surface area contributed by atoms with Crippen molar-refractivity contribution in [3.05, 3.63) is 30.3 Å². The number of rotatable bonds is 7. The molecular weight excluding hydrogens is 236 g/mol. The molecule has 0 radical (unpaired) electrons. The van der Waals surface area contributed by atoms with Gasteiger partial charge in [0.1, 0.15) is 0 Å². The minimum absolute atomic E-state index is 0.283. The Morgan fingerprint density at radius 3 is 2.53 bits per heavy atom. The molecule has 0 saturated heterocycles. The number of carboxylic acid groups (broad SMARTS) is 1. The summed E-state index contributed by atoms with van der Waals surface area (Å²) in [4.78, 5) is 11.8. The maximum Gasteiger partial charge on any atom is 0.333 e. The predicted octanol–water partition coefficient (Wildman–Crippen LogP) is 2.78. The smallest absolute Gasteiger partial charge is 0.333 e. The van der Waals surface area contributed by atoms with E-state index in [9.17, 15) is 9.90 Å². The molecule has 0 unspecified atom stereocenters. The number of hydrogen-bond acceptors (Lipinski definition) is 3. The lowest BCUT2D eigenvalue weighted by Crippen LogP contribution is -2.31. The highest BCUT2D eigenvalue weighted by molar-refractivity contribution is 8.00. The molecule has 0 amide bonds. The van der Waals surface area contributed by atoms with E-state index < -0.39 is 12.1 Å². The molecule has 0 bridgehead atoms. The van der Waals surface area contributed by atoms with Gasteiger partial charge in [-0.1, -0.05) is 38.0 Å². The molecule has 1 rings (SSSR count). The van der Waals surface area contributed by atoms with Gasteiger partial charge in [0.15, 0.2) is 6.10 Å². The van der Waals surface area contributed by atoms with Crippen LogP contribution in [0.4, 0.5) is 0 Å². The van der Waals surface area contributed by atoms with Crippen LogP contribution in [-0.2, 0) is 4.79 Å². The van der Waals surface area contributed by atoms with Crippen LogP contribution in [0.15, 0.2) is 35.2 Å². The van der Waals surface area contributed by atoms with Crippen molar-refractivity contribution in [1.29, 1.82) is 0 Å². The molecule has 0 aliphatic rings. The van der Waals surface area contributed by atoms with Gasteiger partial charge in [0.25, 0.3) is 0 Å². The van der Waals surface area contributed by atoms with Crippen molar-refractivity contribution >= 4 is 17.7 Å². The number of carboxylic acids is 1. The molecule has 0 fully saturated rings. The molecule has 3 nitrogen and oxygen atoms in total. The summed E-state index contributed by atoms with van der Waals surface area (Å²) >= 11 is 1.43. The van der Waals surface area contributed by atoms with E-state index in [-0.39, 0.29) is 5.25 Å². The maximum atomic E-state index is 10.8. The maximum absolute atomic E-state index is 10.8. The molecule has 0 aromatic heterocycles. The van der Waals surface area contributed by atoms with Crippen LogP contribution in [0.25, 0.3) is 0 Å². The number of thioether (sulfide) groups is 1. The summed E-state index contributed by atoms with van der Waals surface area (Å²) in [5.74, 6) is -1.14. The van der Waals surface area contributed by atoms with Crippen LogP contribution in [0.2, 0.25) is 0 Å². The highest BCUT2D eigenvalue weighted by Gasteiger charge is 2.26. The lowest BCUT2D eigenvalue weighted by Gasteiger charge is -2.19. The molecule has 1 aromatic rings. The van der Waals surface area contributed by atoms with Crippen LogP contribution >= 0.6 is 11.8 Å². The van der Waals surface area contributed by atoms with E-state index in [2.05, 4.69) is 6.92 Å². The molecule has 0 spiro atoms. The van der Waals surface area contributed by atoms with Gasteiger partial charge in [0.2, 0.25) is 0 Å². The zero-order valence-electron chi connectivity index (χ0n) is 9.87. The lowest BCUT2D eigenvalue weighted by molar-refractivity contribution is -0.146. The second-order valence-electron chi connectivity index (χ2n) is 3.89. The van der Waals surface area contributed by atoms with Gasteiger partial charge < -0.3 is 10.2 Å². The second kappa shape index (κ2) is 7.35. The minimum atomic E-state index is -1.30. The van der Waals surface area contributed by atoms with Crippen LogP contribution in [0.5, 0.6) is 0 Å². The van der Waals surface area contributed by atoms with Crippen molar-refractivity contribution in [2.75, 3.05) is 0 Å². The Labute approximate surface area is 106 Å². The van der Waals surface area contributed by atoms with Crippen LogP contribution < -0.4 is 0 Å². The number of benzene rings is 1. The summed E-state index contributed by atoms with van der Waals surface area (Å²) in [6, 6.07) is 9.59. The van der Waals surface area contributed by atoms with Gasteiger partial charge in [0.05, 0.1) is 0 Å². The molecule has 0 aliphatic carbocycles. The van der Waals surface area contributed by atoms with Gasteiger partial charge in [-0.25, -0.2) is 4.79 Å². The highest BCUT2D eigenvalue weighted by Crippen LogP contribution is 2.28. The molecule has 0 saturated carbocycles. The molecule has 4 heteroatoms. The number of unbranched alkanes of at least 4 members (excludes halogenated alkanes) is 1. The fourth-order valence-electron chi connectivity index (χ4n) is 1.52. The number of hydrogen-bond donors (Lipinski definition) is 2. The van der Waals surface area contributed by atoms with Gasteiger partial charge in [0, 0.05) is 10.1 Å². The fraction of sp³-hybridized carbons (Fsp3) is 0.462. The molecule has 0 heterocycles. The number of aliphatic hydroxyl groups is 1. The van der Waals surface area contributed by atoms with E-state index in [4.69, 9.17) is 5.11 Å². The topological polar surface area (TPSA) is 57.5 Å². The summed E-state index contributed by atoms with van der Waals surface area (Å²) < 4.78 is 0. The zero-order valence-corrected chi connectivity index (χ0v) is 10.7. The molecular formula is C13H18O3S. The molecule has 1 aromatic carbocycles. The second-order valence-corrected chi connectivity index (χ2v) is 5.21. The first kappa shape index (κ1) is 14.1. The van der Waals surface area contributed by atoms with Gasteiger partial charge in [-0.15, -0.1) is 11.8 Å². The van der Waals surface area contributed by atoms with Crippen LogP contribution in [0.3, 0.4) is 0 Å². The first-order valence-corrected chi connectivity index (χ1v) is 6.65. The van der Waals surface area contributed by atoms with E-state index in [1.807, 2.05) is 30.3 Å². The highest BCUT2D eigenvalue weighted by atomic mass is 32.2. The first-order valence-electron chi connectivity index (χ1n) is 5.77. The predicted molar refractivity (Wildman–Crippen MR) is 69.3 cm³/mol. The largest absolute Gasteiger partial charge is 0.479 e. The van der Waals surface area contributed by atoms with E-state index >= 15 is 0 Å². The Morgan fingerprint density at radius 2 is 2.00 bits per heavy atom. The van der Waals surface area contributed by atoms with E-state index in [0.29, 0.717) is 6.42 Å². The summed E-state index contributed by atoms with van der Waals surface area (Å²) in [7, 11) is 0. The summed E-state index contributed by atoms with van der Waals surface area (Å²) in [5.41, 5.74) is 0. The average Bonchev–Trinajstić information content (AvgIpc) is 2.34. The Morgan fingerprint density at radius 1 is 1.35 bits per heavy atom. The van der Waals surface area contributed by atoms with Crippen molar-refractivity contribution in [3.8, 4) is 0 Å². The summed E-state index contributed by atoms with van der Waals surface area (Å²) in [5, 5.41) is 18.2. The van der Waals surface area contributed by atoms with Crippen LogP contribution in [0, 0.1) is 0 Å². The minimum Gasteiger partial charge on any atom is -0.479 e. The van der Waals surface area contributed by atoms with Crippen molar-refractivity contribution in [3.63, 3.8) is 0 Å². The van der Waals surface area contributed by atoms with E-state index in [1.54, 1.807) is 0 Å². The Hall–Kier alpha value is -1.00. The van der Waals surface area contributed by atoms with Crippen LogP contribution in [-0.4, -0.2) is 27.5 Å². The Balaban J connectivity index is 2.66.